The van der Waals surface area contributed by atoms with E-state index in [1.807, 2.05) is 60.7 Å². The molecule has 1 aromatic heterocycles. The zero-order valence-corrected chi connectivity index (χ0v) is 16.6. The van der Waals surface area contributed by atoms with Crippen LogP contribution in [0.1, 0.15) is 5.56 Å². The summed E-state index contributed by atoms with van der Waals surface area (Å²) in [6.07, 6.45) is 5.09. The van der Waals surface area contributed by atoms with Crippen molar-refractivity contribution in [1.82, 2.24) is 4.98 Å². The van der Waals surface area contributed by atoms with E-state index in [1.54, 1.807) is 18.6 Å². The maximum atomic E-state index is 10.4. The number of para-hydroxylation sites is 2. The average molecular weight is 436 g/mol. The van der Waals surface area contributed by atoms with Crippen LogP contribution in [-0.4, -0.2) is 16.3 Å². The van der Waals surface area contributed by atoms with E-state index < -0.39 is 20.8 Å². The number of aromatic hydroxyl groups is 1. The van der Waals surface area contributed by atoms with E-state index >= 15 is 0 Å². The van der Waals surface area contributed by atoms with Gasteiger partial charge in [-0.2, -0.15) is 0 Å². The van der Waals surface area contributed by atoms with Crippen LogP contribution in [0.2, 0.25) is 0 Å². The number of rotatable bonds is 3. The molecule has 1 N–H and O–H groups in total. The van der Waals surface area contributed by atoms with Crippen molar-refractivity contribution in [2.45, 2.75) is 0 Å². The third-order valence-electron chi connectivity index (χ3n) is 3.17. The summed E-state index contributed by atoms with van der Waals surface area (Å²) in [5.74, 6) is 0.225. The summed E-state index contributed by atoms with van der Waals surface area (Å²) >= 11 is -0.826. The van der Waals surface area contributed by atoms with Gasteiger partial charge < -0.3 is 5.11 Å². The van der Waals surface area contributed by atoms with Crippen LogP contribution in [0.3, 0.4) is 0 Å². The molecule has 0 fully saturated rings. The van der Waals surface area contributed by atoms with Gasteiger partial charge >= 0.3 is 37.9 Å². The van der Waals surface area contributed by atoms with Gasteiger partial charge in [0.1, 0.15) is 5.75 Å². The predicted molar refractivity (Wildman–Crippen MR) is 96.7 cm³/mol. The Kier molecular flexibility index (Phi) is 8.17. The van der Waals surface area contributed by atoms with Crippen LogP contribution in [-0.2, 0) is 20.8 Å². The summed E-state index contributed by atoms with van der Waals surface area (Å²) < 4.78 is 0. The van der Waals surface area contributed by atoms with Gasteiger partial charge in [0.15, 0.2) is 0 Å². The molecular weight excluding hydrogens is 422 g/mol. The van der Waals surface area contributed by atoms with Crippen molar-refractivity contribution in [3.05, 3.63) is 78.6 Å². The van der Waals surface area contributed by atoms with Gasteiger partial charge in [0, 0.05) is 29.7 Å². The number of aromatic nitrogens is 1. The Morgan fingerprint density at radius 1 is 0.917 bits per heavy atom. The Balaban J connectivity index is 0.000000647. The summed E-state index contributed by atoms with van der Waals surface area (Å²) in [6.45, 7) is 0. The maximum absolute atomic E-state index is 10.4. The number of aliphatic imine (C=N–C) groups is 1. The van der Waals surface area contributed by atoms with Crippen LogP contribution in [0.25, 0.3) is 11.1 Å². The molecule has 0 spiro atoms. The third kappa shape index (κ3) is 5.56. The van der Waals surface area contributed by atoms with E-state index in [0.29, 0.717) is 5.56 Å². The molecular formula is C18H14Cl2N2OZr. The number of halogens is 2. The van der Waals surface area contributed by atoms with Gasteiger partial charge in [-0.1, -0.05) is 30.3 Å². The number of hydrogen-bond acceptors (Lipinski definition) is 3. The fourth-order valence-electron chi connectivity index (χ4n) is 2.09. The minimum absolute atomic E-state index is 0.225. The topological polar surface area (TPSA) is 45.5 Å². The Hall–Kier alpha value is -1.48. The van der Waals surface area contributed by atoms with Gasteiger partial charge in [0.25, 0.3) is 0 Å². The molecule has 0 aliphatic rings. The molecule has 0 amide bonds. The van der Waals surface area contributed by atoms with Crippen molar-refractivity contribution in [2.24, 2.45) is 4.99 Å². The summed E-state index contributed by atoms with van der Waals surface area (Å²) in [5.41, 5.74) is 3.24. The van der Waals surface area contributed by atoms with Crippen LogP contribution in [0.5, 0.6) is 5.75 Å². The van der Waals surface area contributed by atoms with Crippen LogP contribution in [0.4, 0.5) is 5.69 Å². The number of phenolic OH excluding ortho intramolecular Hbond substituents is 1. The molecule has 2 aromatic carbocycles. The Morgan fingerprint density at radius 2 is 1.58 bits per heavy atom. The summed E-state index contributed by atoms with van der Waals surface area (Å²) in [6, 6.07) is 19.0. The second kappa shape index (κ2) is 10.4. The van der Waals surface area contributed by atoms with Crippen LogP contribution >= 0.6 is 17.0 Å². The van der Waals surface area contributed by atoms with Gasteiger partial charge in [0.2, 0.25) is 0 Å². The Bertz CT molecular complexity index is 784. The van der Waals surface area contributed by atoms with Crippen LogP contribution in [0.15, 0.2) is 78.0 Å². The van der Waals surface area contributed by atoms with Crippen molar-refractivity contribution >= 4 is 28.9 Å². The molecule has 0 bridgehead atoms. The fraction of sp³-hybridized carbons (Fsp3) is 0. The molecule has 0 saturated carbocycles. The summed E-state index contributed by atoms with van der Waals surface area (Å²) in [5, 5.41) is 10.4. The molecule has 6 heteroatoms. The Morgan fingerprint density at radius 3 is 2.25 bits per heavy atom. The molecule has 120 valence electrons. The van der Waals surface area contributed by atoms with E-state index in [1.165, 1.54) is 0 Å². The normalized spacial score (nSPS) is 10.1. The van der Waals surface area contributed by atoms with Gasteiger partial charge in [-0.05, 0) is 35.9 Å². The van der Waals surface area contributed by atoms with E-state index in [2.05, 4.69) is 9.98 Å². The quantitative estimate of drug-likeness (QED) is 0.545. The first kappa shape index (κ1) is 18.9. The fourth-order valence-corrected chi connectivity index (χ4v) is 2.09. The number of benzene rings is 2. The molecule has 0 aliphatic heterocycles. The molecule has 1 heterocycles. The number of phenols is 1. The second-order valence-electron chi connectivity index (χ2n) is 4.64. The van der Waals surface area contributed by atoms with Crippen molar-refractivity contribution in [1.29, 1.82) is 0 Å². The van der Waals surface area contributed by atoms with Gasteiger partial charge in [-0.15, -0.1) is 0 Å². The minimum atomic E-state index is -0.826. The molecule has 3 rings (SSSR count). The summed E-state index contributed by atoms with van der Waals surface area (Å²) in [7, 11) is 9.87. The van der Waals surface area contributed by atoms with Crippen molar-refractivity contribution in [3.8, 4) is 16.9 Å². The van der Waals surface area contributed by atoms with Crippen molar-refractivity contribution in [2.75, 3.05) is 0 Å². The first-order valence-corrected chi connectivity index (χ1v) is 13.4. The van der Waals surface area contributed by atoms with E-state index in [9.17, 15) is 5.11 Å². The van der Waals surface area contributed by atoms with Crippen molar-refractivity contribution in [3.63, 3.8) is 0 Å². The second-order valence-corrected chi connectivity index (χ2v) is 8.38. The first-order chi connectivity index (χ1) is 11.8. The molecule has 0 atom stereocenters. The number of hydrogen-bond donors (Lipinski definition) is 1. The number of nitrogens with zero attached hydrogens (tertiary/aromatic N) is 2. The van der Waals surface area contributed by atoms with E-state index in [4.69, 9.17) is 17.0 Å². The molecule has 24 heavy (non-hydrogen) atoms. The van der Waals surface area contributed by atoms with Crippen LogP contribution in [0, 0.1) is 0 Å². The van der Waals surface area contributed by atoms with Gasteiger partial charge in [-0.25, -0.2) is 0 Å². The molecule has 3 aromatic rings. The first-order valence-electron chi connectivity index (χ1n) is 7.04. The summed E-state index contributed by atoms with van der Waals surface area (Å²) in [4.78, 5) is 8.37. The SMILES string of the molecule is Oc1c(C=Nc2ccccc2)cccc1-c1ccncc1.[Cl][Zr][Cl]. The third-order valence-corrected chi connectivity index (χ3v) is 3.17. The van der Waals surface area contributed by atoms with E-state index in [-0.39, 0.29) is 5.75 Å². The van der Waals surface area contributed by atoms with Gasteiger partial charge in [0.05, 0.1) is 5.69 Å². The van der Waals surface area contributed by atoms with Crippen LogP contribution < -0.4 is 0 Å². The van der Waals surface area contributed by atoms with Gasteiger partial charge in [-0.3, -0.25) is 9.98 Å². The molecule has 0 saturated heterocycles. The average Bonchev–Trinajstić information content (AvgIpc) is 2.63. The van der Waals surface area contributed by atoms with Crippen molar-refractivity contribution < 1.29 is 26.0 Å². The standard InChI is InChI=1S/C18H14N2O.2ClH.Zr/c21-18-15(13-20-16-6-2-1-3-7-16)5-4-8-17(18)14-9-11-19-12-10-14;;;/h1-13,21H;2*1H;/q;;;+2/p-2. The predicted octanol–water partition coefficient (Wildman–Crippen LogP) is 5.58. The number of pyridine rings is 1. The zero-order chi connectivity index (χ0) is 17.2. The Labute approximate surface area is 159 Å². The molecule has 3 nitrogen and oxygen atoms in total. The molecule has 0 radical (unpaired) electrons. The zero-order valence-electron chi connectivity index (χ0n) is 12.6. The molecule has 0 aliphatic carbocycles. The molecule has 0 unspecified atom stereocenters. The van der Waals surface area contributed by atoms with E-state index in [0.717, 1.165) is 16.8 Å². The monoisotopic (exact) mass is 434 g/mol.